The summed E-state index contributed by atoms with van der Waals surface area (Å²) in [6.07, 6.45) is -4.65. The first-order valence-electron chi connectivity index (χ1n) is 5.92. The Hall–Kier alpha value is -2.30. The first-order valence-corrected chi connectivity index (χ1v) is 5.92. The van der Waals surface area contributed by atoms with Gasteiger partial charge in [0.2, 0.25) is 0 Å². The van der Waals surface area contributed by atoms with Gasteiger partial charge in [-0.15, -0.1) is 0 Å². The smallest absolute Gasteiger partial charge is 0.399 e. The predicted octanol–water partition coefficient (Wildman–Crippen LogP) is 3.71. The van der Waals surface area contributed by atoms with Crippen molar-refractivity contribution in [3.8, 4) is 0 Å². The summed E-state index contributed by atoms with van der Waals surface area (Å²) in [7, 11) is 0. The second kappa shape index (κ2) is 5.36. The van der Waals surface area contributed by atoms with Gasteiger partial charge in [-0.3, -0.25) is 4.79 Å². The Kier molecular flexibility index (Phi) is 3.79. The lowest BCUT2D eigenvalue weighted by atomic mass is 9.98. The van der Waals surface area contributed by atoms with Crippen LogP contribution in [-0.2, 0) is 12.6 Å². The second-order valence-electron chi connectivity index (χ2n) is 4.39. The van der Waals surface area contributed by atoms with Gasteiger partial charge < -0.3 is 5.73 Å². The van der Waals surface area contributed by atoms with E-state index in [1.54, 1.807) is 24.3 Å². The van der Waals surface area contributed by atoms with Crippen LogP contribution < -0.4 is 5.73 Å². The topological polar surface area (TPSA) is 43.1 Å². The molecule has 0 spiro atoms. The van der Waals surface area contributed by atoms with Crippen LogP contribution >= 0.6 is 0 Å². The molecule has 0 fully saturated rings. The van der Waals surface area contributed by atoms with E-state index in [0.717, 1.165) is 6.07 Å². The first-order chi connectivity index (χ1) is 9.38. The number of hydrogen-bond acceptors (Lipinski definition) is 2. The average Bonchev–Trinajstić information content (AvgIpc) is 2.37. The van der Waals surface area contributed by atoms with Crippen LogP contribution in [0.2, 0.25) is 0 Å². The molecule has 0 aromatic heterocycles. The SMILES string of the molecule is Nc1cccc(CC(=O)c2ccccc2C(F)(F)F)c1. The minimum absolute atomic E-state index is 0.113. The number of benzene rings is 2. The number of halogens is 3. The van der Waals surface area contributed by atoms with E-state index in [4.69, 9.17) is 5.73 Å². The van der Waals surface area contributed by atoms with Gasteiger partial charge in [-0.1, -0.05) is 30.3 Å². The molecule has 0 radical (unpaired) electrons. The van der Waals surface area contributed by atoms with Crippen molar-refractivity contribution >= 4 is 11.5 Å². The fourth-order valence-electron chi connectivity index (χ4n) is 1.96. The van der Waals surface area contributed by atoms with Crippen molar-refractivity contribution in [2.24, 2.45) is 0 Å². The van der Waals surface area contributed by atoms with Gasteiger partial charge in [0.05, 0.1) is 5.56 Å². The van der Waals surface area contributed by atoms with Crippen LogP contribution in [0.3, 0.4) is 0 Å². The van der Waals surface area contributed by atoms with Gasteiger partial charge in [0.1, 0.15) is 0 Å². The number of alkyl halides is 3. The standard InChI is InChI=1S/C15H12F3NO/c16-15(17,18)13-7-2-1-6-12(13)14(20)9-10-4-3-5-11(19)8-10/h1-8H,9,19H2. The number of carbonyl (C=O) groups is 1. The number of anilines is 1. The first kappa shape index (κ1) is 14.1. The van der Waals surface area contributed by atoms with Crippen LogP contribution in [0.4, 0.5) is 18.9 Å². The van der Waals surface area contributed by atoms with E-state index in [-0.39, 0.29) is 12.0 Å². The molecule has 0 aliphatic rings. The molecule has 2 N–H and O–H groups in total. The third-order valence-corrected chi connectivity index (χ3v) is 2.85. The number of rotatable bonds is 3. The number of nitrogen functional groups attached to an aromatic ring is 1. The third kappa shape index (κ3) is 3.17. The van der Waals surface area contributed by atoms with Gasteiger partial charge in [-0.2, -0.15) is 13.2 Å². The van der Waals surface area contributed by atoms with E-state index < -0.39 is 17.5 Å². The second-order valence-corrected chi connectivity index (χ2v) is 4.39. The minimum Gasteiger partial charge on any atom is -0.399 e. The molecule has 2 aromatic carbocycles. The summed E-state index contributed by atoms with van der Waals surface area (Å²) in [5.74, 6) is -0.580. The number of ketones is 1. The van der Waals surface area contributed by atoms with Gasteiger partial charge in [0.15, 0.2) is 5.78 Å². The molecule has 0 saturated carbocycles. The zero-order chi connectivity index (χ0) is 14.8. The highest BCUT2D eigenvalue weighted by Gasteiger charge is 2.34. The van der Waals surface area contributed by atoms with Crippen molar-refractivity contribution in [3.05, 3.63) is 65.2 Å². The van der Waals surface area contributed by atoms with Crippen molar-refractivity contribution in [2.75, 3.05) is 5.73 Å². The maximum atomic E-state index is 12.8. The van der Waals surface area contributed by atoms with E-state index in [9.17, 15) is 18.0 Å². The third-order valence-electron chi connectivity index (χ3n) is 2.85. The minimum atomic E-state index is -4.54. The van der Waals surface area contributed by atoms with Crippen molar-refractivity contribution in [1.29, 1.82) is 0 Å². The summed E-state index contributed by atoms with van der Waals surface area (Å²) < 4.78 is 38.5. The summed E-state index contributed by atoms with van der Waals surface area (Å²) in [6.45, 7) is 0. The lowest BCUT2D eigenvalue weighted by Crippen LogP contribution is -2.14. The Balaban J connectivity index is 2.31. The van der Waals surface area contributed by atoms with Crippen LogP contribution in [-0.4, -0.2) is 5.78 Å². The molecule has 0 aliphatic carbocycles. The van der Waals surface area contributed by atoms with Crippen molar-refractivity contribution in [3.63, 3.8) is 0 Å². The van der Waals surface area contributed by atoms with Crippen LogP contribution in [0.15, 0.2) is 48.5 Å². The van der Waals surface area contributed by atoms with E-state index in [1.807, 2.05) is 0 Å². The zero-order valence-corrected chi connectivity index (χ0v) is 10.4. The normalized spacial score (nSPS) is 11.3. The van der Waals surface area contributed by atoms with Crippen molar-refractivity contribution in [2.45, 2.75) is 12.6 Å². The molecule has 2 aromatic rings. The average molecular weight is 279 g/mol. The van der Waals surface area contributed by atoms with Crippen molar-refractivity contribution < 1.29 is 18.0 Å². The molecular formula is C15H12F3NO. The van der Waals surface area contributed by atoms with E-state index in [2.05, 4.69) is 0 Å². The van der Waals surface area contributed by atoms with Gasteiger partial charge in [-0.05, 0) is 23.8 Å². The summed E-state index contributed by atoms with van der Waals surface area (Å²) in [5, 5.41) is 0. The molecule has 2 rings (SSSR count). The number of Topliss-reactive ketones (excluding diaryl/α,β-unsaturated/α-hetero) is 1. The monoisotopic (exact) mass is 279 g/mol. The van der Waals surface area contributed by atoms with Crippen LogP contribution in [0.25, 0.3) is 0 Å². The van der Waals surface area contributed by atoms with Crippen LogP contribution in [0.5, 0.6) is 0 Å². The Morgan fingerprint density at radius 2 is 1.75 bits per heavy atom. The van der Waals surface area contributed by atoms with Gasteiger partial charge >= 0.3 is 6.18 Å². The highest BCUT2D eigenvalue weighted by molar-refractivity contribution is 5.99. The number of carbonyl (C=O) groups excluding carboxylic acids is 1. The van der Waals surface area contributed by atoms with E-state index in [0.29, 0.717) is 11.3 Å². The number of hydrogen-bond donors (Lipinski definition) is 1. The Morgan fingerprint density at radius 3 is 2.40 bits per heavy atom. The molecule has 0 atom stereocenters. The molecule has 0 bridgehead atoms. The fraction of sp³-hybridized carbons (Fsp3) is 0.133. The largest absolute Gasteiger partial charge is 0.417 e. The summed E-state index contributed by atoms with van der Waals surface area (Å²) in [6, 6.07) is 11.3. The lowest BCUT2D eigenvalue weighted by molar-refractivity contribution is -0.137. The molecule has 0 amide bonds. The quantitative estimate of drug-likeness (QED) is 0.687. The fourth-order valence-corrected chi connectivity index (χ4v) is 1.96. The Bertz CT molecular complexity index is 635. The van der Waals surface area contributed by atoms with E-state index >= 15 is 0 Å². The van der Waals surface area contributed by atoms with Gasteiger partial charge in [-0.25, -0.2) is 0 Å². The summed E-state index contributed by atoms with van der Waals surface area (Å²) >= 11 is 0. The summed E-state index contributed by atoms with van der Waals surface area (Å²) in [5.41, 5.74) is 5.42. The predicted molar refractivity (Wildman–Crippen MR) is 70.3 cm³/mol. The van der Waals surface area contributed by atoms with Gasteiger partial charge in [0, 0.05) is 17.7 Å². The maximum Gasteiger partial charge on any atom is 0.417 e. The highest BCUT2D eigenvalue weighted by atomic mass is 19.4. The molecule has 104 valence electrons. The molecule has 0 heterocycles. The molecule has 20 heavy (non-hydrogen) atoms. The molecule has 2 nitrogen and oxygen atoms in total. The van der Waals surface area contributed by atoms with Crippen LogP contribution in [0, 0.1) is 0 Å². The van der Waals surface area contributed by atoms with Crippen molar-refractivity contribution in [1.82, 2.24) is 0 Å². The molecular weight excluding hydrogens is 267 g/mol. The molecule has 0 aliphatic heterocycles. The lowest BCUT2D eigenvalue weighted by Gasteiger charge is -2.11. The summed E-state index contributed by atoms with van der Waals surface area (Å²) in [4.78, 5) is 12.1. The molecule has 0 saturated heterocycles. The molecule has 5 heteroatoms. The number of nitrogens with two attached hydrogens (primary N) is 1. The van der Waals surface area contributed by atoms with Gasteiger partial charge in [0.25, 0.3) is 0 Å². The Labute approximate surface area is 114 Å². The highest BCUT2D eigenvalue weighted by Crippen LogP contribution is 2.32. The van der Waals surface area contributed by atoms with Crippen LogP contribution in [0.1, 0.15) is 21.5 Å². The Morgan fingerprint density at radius 1 is 1.05 bits per heavy atom. The zero-order valence-electron chi connectivity index (χ0n) is 10.4. The molecule has 0 unspecified atom stereocenters. The van der Waals surface area contributed by atoms with E-state index in [1.165, 1.54) is 18.2 Å². The maximum absolute atomic E-state index is 12.8.